The molecule has 1 aliphatic heterocycles. The summed E-state index contributed by atoms with van der Waals surface area (Å²) >= 11 is 0. The number of benzene rings is 1. The maximum absolute atomic E-state index is 11.2. The average Bonchev–Trinajstić information content (AvgIpc) is 2.72. The topological polar surface area (TPSA) is 72.8 Å². The Hall–Kier alpha value is -2.04. The predicted molar refractivity (Wildman–Crippen MR) is 66.8 cm³/mol. The third kappa shape index (κ3) is 3.05. The van der Waals surface area contributed by atoms with Crippen LogP contribution in [0.15, 0.2) is 24.3 Å². The number of ether oxygens (including phenoxy) is 2. The Bertz CT molecular complexity index is 477. The van der Waals surface area contributed by atoms with Crippen molar-refractivity contribution in [2.75, 3.05) is 0 Å². The molecule has 0 aromatic heterocycles. The van der Waals surface area contributed by atoms with Gasteiger partial charge in [-0.1, -0.05) is 12.1 Å². The lowest BCUT2D eigenvalue weighted by Crippen LogP contribution is -2.17. The molecule has 0 radical (unpaired) electrons. The van der Waals surface area contributed by atoms with Crippen molar-refractivity contribution < 1.29 is 24.2 Å². The number of aliphatic carboxylic acids is 1. The summed E-state index contributed by atoms with van der Waals surface area (Å²) in [5.41, 5.74) is 0.675. The number of carboxylic acids is 1. The Morgan fingerprint density at radius 3 is 2.53 bits per heavy atom. The SMILES string of the molecule is CC(C)Oc1ccc([C@H]2OC(=O)C[C@@H]2C(=O)O)cc1. The van der Waals surface area contributed by atoms with Crippen LogP contribution in [0.3, 0.4) is 0 Å². The molecule has 1 N–H and O–H groups in total. The van der Waals surface area contributed by atoms with E-state index >= 15 is 0 Å². The molecule has 5 heteroatoms. The van der Waals surface area contributed by atoms with Crippen LogP contribution in [0, 0.1) is 5.92 Å². The predicted octanol–water partition coefficient (Wildman–Crippen LogP) is 2.16. The molecule has 1 aromatic carbocycles. The minimum absolute atomic E-state index is 0.0712. The molecule has 0 saturated carbocycles. The molecule has 2 atom stereocenters. The van der Waals surface area contributed by atoms with E-state index in [-0.39, 0.29) is 12.5 Å². The first-order valence-electron chi connectivity index (χ1n) is 6.16. The Morgan fingerprint density at radius 1 is 1.37 bits per heavy atom. The van der Waals surface area contributed by atoms with Gasteiger partial charge in [-0.25, -0.2) is 0 Å². The number of rotatable bonds is 4. The van der Waals surface area contributed by atoms with Crippen molar-refractivity contribution in [1.29, 1.82) is 0 Å². The van der Waals surface area contributed by atoms with Gasteiger partial charge in [0.25, 0.3) is 0 Å². The van der Waals surface area contributed by atoms with Gasteiger partial charge in [-0.05, 0) is 31.5 Å². The van der Waals surface area contributed by atoms with Gasteiger partial charge in [0.2, 0.25) is 0 Å². The van der Waals surface area contributed by atoms with Crippen LogP contribution in [0.4, 0.5) is 0 Å². The molecule has 102 valence electrons. The lowest BCUT2D eigenvalue weighted by atomic mass is 9.95. The van der Waals surface area contributed by atoms with Crippen molar-refractivity contribution in [2.24, 2.45) is 5.92 Å². The normalized spacial score (nSPS) is 22.4. The van der Waals surface area contributed by atoms with E-state index in [0.717, 1.165) is 0 Å². The highest BCUT2D eigenvalue weighted by atomic mass is 16.6. The zero-order valence-corrected chi connectivity index (χ0v) is 10.8. The molecular formula is C14H16O5. The van der Waals surface area contributed by atoms with Gasteiger partial charge in [0.1, 0.15) is 17.8 Å². The Labute approximate surface area is 111 Å². The lowest BCUT2D eigenvalue weighted by Gasteiger charge is -2.15. The van der Waals surface area contributed by atoms with Gasteiger partial charge in [0, 0.05) is 0 Å². The van der Waals surface area contributed by atoms with Gasteiger partial charge in [-0.3, -0.25) is 9.59 Å². The second kappa shape index (κ2) is 5.30. The fourth-order valence-electron chi connectivity index (χ4n) is 2.08. The van der Waals surface area contributed by atoms with Crippen molar-refractivity contribution in [3.05, 3.63) is 29.8 Å². The molecule has 0 aliphatic carbocycles. The first-order valence-corrected chi connectivity index (χ1v) is 6.16. The average molecular weight is 264 g/mol. The van der Waals surface area contributed by atoms with Gasteiger partial charge < -0.3 is 14.6 Å². The lowest BCUT2D eigenvalue weighted by molar-refractivity contribution is -0.144. The number of cyclic esters (lactones) is 1. The van der Waals surface area contributed by atoms with Crippen LogP contribution in [0.5, 0.6) is 5.75 Å². The summed E-state index contributed by atoms with van der Waals surface area (Å²) in [6.45, 7) is 3.85. The number of hydrogen-bond acceptors (Lipinski definition) is 4. The molecule has 1 aliphatic rings. The van der Waals surface area contributed by atoms with Gasteiger partial charge >= 0.3 is 11.9 Å². The first-order chi connectivity index (χ1) is 8.97. The molecule has 0 amide bonds. The fourth-order valence-corrected chi connectivity index (χ4v) is 2.08. The van der Waals surface area contributed by atoms with E-state index in [0.29, 0.717) is 11.3 Å². The van der Waals surface area contributed by atoms with E-state index < -0.39 is 24.0 Å². The number of carbonyl (C=O) groups is 2. The molecule has 0 spiro atoms. The van der Waals surface area contributed by atoms with Crippen LogP contribution in [0.2, 0.25) is 0 Å². The Kier molecular flexibility index (Phi) is 3.74. The zero-order valence-electron chi connectivity index (χ0n) is 10.8. The largest absolute Gasteiger partial charge is 0.491 e. The molecule has 0 bridgehead atoms. The smallest absolute Gasteiger partial charge is 0.311 e. The van der Waals surface area contributed by atoms with E-state index in [9.17, 15) is 9.59 Å². The third-order valence-electron chi connectivity index (χ3n) is 2.91. The summed E-state index contributed by atoms with van der Waals surface area (Å²) < 4.78 is 10.6. The van der Waals surface area contributed by atoms with Crippen molar-refractivity contribution in [2.45, 2.75) is 32.5 Å². The quantitative estimate of drug-likeness (QED) is 0.844. The standard InChI is InChI=1S/C14H16O5/c1-8(2)18-10-5-3-9(4-6-10)13-11(14(16)17)7-12(15)19-13/h3-6,8,11,13H,7H2,1-2H3,(H,16,17)/t11-,13+/m0/s1. The Morgan fingerprint density at radius 2 is 2.00 bits per heavy atom. The maximum Gasteiger partial charge on any atom is 0.311 e. The van der Waals surface area contributed by atoms with Gasteiger partial charge in [0.15, 0.2) is 0 Å². The van der Waals surface area contributed by atoms with Crippen molar-refractivity contribution in [3.63, 3.8) is 0 Å². The molecule has 19 heavy (non-hydrogen) atoms. The molecule has 5 nitrogen and oxygen atoms in total. The van der Waals surface area contributed by atoms with E-state index in [1.165, 1.54) is 0 Å². The number of esters is 1. The molecule has 1 heterocycles. The van der Waals surface area contributed by atoms with Crippen LogP contribution in [-0.2, 0) is 14.3 Å². The summed E-state index contributed by atoms with van der Waals surface area (Å²) in [6, 6.07) is 6.97. The molecule has 1 aromatic rings. The summed E-state index contributed by atoms with van der Waals surface area (Å²) in [5.74, 6) is -1.60. The highest BCUT2D eigenvalue weighted by Crippen LogP contribution is 2.36. The van der Waals surface area contributed by atoms with Crippen molar-refractivity contribution >= 4 is 11.9 Å². The van der Waals surface area contributed by atoms with E-state index in [2.05, 4.69) is 0 Å². The highest BCUT2D eigenvalue weighted by molar-refractivity contribution is 5.82. The summed E-state index contributed by atoms with van der Waals surface area (Å²) in [5, 5.41) is 9.08. The van der Waals surface area contributed by atoms with Crippen LogP contribution in [0.1, 0.15) is 31.9 Å². The Balaban J connectivity index is 2.17. The van der Waals surface area contributed by atoms with Crippen LogP contribution in [0.25, 0.3) is 0 Å². The van der Waals surface area contributed by atoms with E-state index in [4.69, 9.17) is 14.6 Å². The molecular weight excluding hydrogens is 248 g/mol. The summed E-state index contributed by atoms with van der Waals surface area (Å²) in [7, 11) is 0. The molecule has 1 saturated heterocycles. The number of carboxylic acid groups (broad SMARTS) is 1. The third-order valence-corrected chi connectivity index (χ3v) is 2.91. The second-order valence-electron chi connectivity index (χ2n) is 4.79. The monoisotopic (exact) mass is 264 g/mol. The molecule has 1 fully saturated rings. The van der Waals surface area contributed by atoms with Crippen molar-refractivity contribution in [1.82, 2.24) is 0 Å². The van der Waals surface area contributed by atoms with Crippen LogP contribution < -0.4 is 4.74 Å². The van der Waals surface area contributed by atoms with E-state index in [1.54, 1.807) is 24.3 Å². The summed E-state index contributed by atoms with van der Waals surface area (Å²) in [6.07, 6.45) is -0.718. The zero-order chi connectivity index (χ0) is 14.0. The van der Waals surface area contributed by atoms with Gasteiger partial charge in [0.05, 0.1) is 12.5 Å². The van der Waals surface area contributed by atoms with E-state index in [1.807, 2.05) is 13.8 Å². The van der Waals surface area contributed by atoms with Crippen LogP contribution >= 0.6 is 0 Å². The minimum Gasteiger partial charge on any atom is -0.491 e. The number of hydrogen-bond donors (Lipinski definition) is 1. The summed E-state index contributed by atoms with van der Waals surface area (Å²) in [4.78, 5) is 22.3. The fraction of sp³-hybridized carbons (Fsp3) is 0.429. The first kappa shape index (κ1) is 13.4. The van der Waals surface area contributed by atoms with Crippen molar-refractivity contribution in [3.8, 4) is 5.75 Å². The second-order valence-corrected chi connectivity index (χ2v) is 4.79. The minimum atomic E-state index is -1.02. The van der Waals surface area contributed by atoms with Crippen LogP contribution in [-0.4, -0.2) is 23.1 Å². The van der Waals surface area contributed by atoms with Gasteiger partial charge in [-0.15, -0.1) is 0 Å². The molecule has 0 unspecified atom stereocenters. The number of carbonyl (C=O) groups excluding carboxylic acids is 1. The highest BCUT2D eigenvalue weighted by Gasteiger charge is 2.40. The maximum atomic E-state index is 11.2. The van der Waals surface area contributed by atoms with Gasteiger partial charge in [-0.2, -0.15) is 0 Å². The molecule has 2 rings (SSSR count).